The van der Waals surface area contributed by atoms with E-state index in [1.54, 1.807) is 6.07 Å². The van der Waals surface area contributed by atoms with Crippen LogP contribution in [-0.4, -0.2) is 75.1 Å². The van der Waals surface area contributed by atoms with Crippen LogP contribution in [0.4, 0.5) is 5.82 Å². The van der Waals surface area contributed by atoms with Crippen LogP contribution < -0.4 is 5.73 Å². The van der Waals surface area contributed by atoms with Crippen molar-refractivity contribution in [2.24, 2.45) is 0 Å². The third-order valence-electron chi connectivity index (χ3n) is 6.93. The van der Waals surface area contributed by atoms with Crippen LogP contribution in [0.2, 0.25) is 0 Å². The molecule has 5 rings (SSSR count). The molecule has 2 aromatic heterocycles. The number of carbonyl (C=O) groups is 1. The minimum atomic E-state index is 0.276. The lowest BCUT2D eigenvalue weighted by Gasteiger charge is -2.41. The summed E-state index contributed by atoms with van der Waals surface area (Å²) in [5, 5.41) is 5.69. The zero-order chi connectivity index (χ0) is 21.4. The summed E-state index contributed by atoms with van der Waals surface area (Å²) in [5.41, 5.74) is 9.07. The average molecular weight is 420 g/mol. The van der Waals surface area contributed by atoms with Gasteiger partial charge < -0.3 is 10.6 Å². The van der Waals surface area contributed by atoms with E-state index >= 15 is 0 Å². The smallest absolute Gasteiger partial charge is 0.164 e. The van der Waals surface area contributed by atoms with Crippen LogP contribution in [0.5, 0.6) is 0 Å². The minimum Gasteiger partial charge on any atom is -0.383 e. The largest absolute Gasteiger partial charge is 0.383 e. The van der Waals surface area contributed by atoms with Crippen LogP contribution in [-0.2, 0) is 0 Å². The van der Waals surface area contributed by atoms with E-state index in [1.165, 1.54) is 6.33 Å². The van der Waals surface area contributed by atoms with Crippen molar-refractivity contribution >= 4 is 23.1 Å². The Kier molecular flexibility index (Phi) is 5.41. The molecule has 2 N–H and O–H groups in total. The highest BCUT2D eigenvalue weighted by Crippen LogP contribution is 2.37. The van der Waals surface area contributed by atoms with E-state index in [0.29, 0.717) is 23.1 Å². The Morgan fingerprint density at radius 2 is 1.71 bits per heavy atom. The summed E-state index contributed by atoms with van der Waals surface area (Å²) in [6.45, 7) is 4.62. The van der Waals surface area contributed by atoms with Crippen LogP contribution >= 0.6 is 0 Å². The molecule has 162 valence electrons. The Morgan fingerprint density at radius 3 is 2.45 bits per heavy atom. The molecule has 2 fully saturated rings. The van der Waals surface area contributed by atoms with Crippen LogP contribution in [0.25, 0.3) is 22.3 Å². The number of nitrogens with zero attached hydrogens (tertiary/aromatic N) is 6. The number of aldehydes is 1. The Labute approximate surface area is 182 Å². The van der Waals surface area contributed by atoms with Gasteiger partial charge in [0.15, 0.2) is 11.9 Å². The van der Waals surface area contributed by atoms with Crippen LogP contribution in [0.3, 0.4) is 0 Å². The second kappa shape index (κ2) is 8.36. The highest BCUT2D eigenvalue weighted by atomic mass is 16.1. The van der Waals surface area contributed by atoms with Crippen LogP contribution in [0, 0.1) is 0 Å². The maximum atomic E-state index is 11.6. The van der Waals surface area contributed by atoms with Crippen molar-refractivity contribution in [3.05, 3.63) is 36.2 Å². The summed E-state index contributed by atoms with van der Waals surface area (Å²) in [7, 11) is 2.20. The first kappa shape index (κ1) is 20.1. The lowest BCUT2D eigenvalue weighted by Crippen LogP contribution is -2.49. The average Bonchev–Trinajstić information content (AvgIpc) is 3.20. The monoisotopic (exact) mass is 419 g/mol. The highest BCUT2D eigenvalue weighted by molar-refractivity contribution is 6.01. The van der Waals surface area contributed by atoms with Gasteiger partial charge in [0.1, 0.15) is 17.8 Å². The number of hydrogen-bond donors (Lipinski definition) is 1. The van der Waals surface area contributed by atoms with E-state index in [4.69, 9.17) is 10.8 Å². The van der Waals surface area contributed by atoms with Crippen molar-refractivity contribution in [3.8, 4) is 11.3 Å². The maximum absolute atomic E-state index is 11.6. The minimum absolute atomic E-state index is 0.276. The van der Waals surface area contributed by atoms with Gasteiger partial charge in [-0.1, -0.05) is 24.3 Å². The number of piperazine rings is 1. The Hall–Kier alpha value is -2.84. The number of benzene rings is 1. The summed E-state index contributed by atoms with van der Waals surface area (Å²) in [5.74, 6) is 0.401. The van der Waals surface area contributed by atoms with Crippen molar-refractivity contribution in [2.45, 2.75) is 37.8 Å². The van der Waals surface area contributed by atoms with Crippen LogP contribution in [0.1, 0.15) is 42.1 Å². The molecular weight excluding hydrogens is 390 g/mol. The van der Waals surface area contributed by atoms with Crippen molar-refractivity contribution < 1.29 is 4.79 Å². The number of carbonyl (C=O) groups excluding carboxylic acids is 1. The number of rotatable bonds is 4. The fourth-order valence-corrected chi connectivity index (χ4v) is 5.11. The Morgan fingerprint density at radius 1 is 1.00 bits per heavy atom. The lowest BCUT2D eigenvalue weighted by molar-refractivity contribution is 0.0815. The number of nitrogen functional groups attached to an aromatic ring is 1. The van der Waals surface area contributed by atoms with Gasteiger partial charge in [0.25, 0.3) is 0 Å². The molecule has 3 heterocycles. The predicted molar refractivity (Wildman–Crippen MR) is 121 cm³/mol. The van der Waals surface area contributed by atoms with E-state index < -0.39 is 0 Å². The summed E-state index contributed by atoms with van der Waals surface area (Å²) in [4.78, 5) is 25.4. The second-order valence-corrected chi connectivity index (χ2v) is 8.76. The number of aromatic nitrogens is 4. The van der Waals surface area contributed by atoms with Gasteiger partial charge in [-0.05, 0) is 32.7 Å². The number of fused-ring (bicyclic) bond motifs is 1. The molecule has 1 aromatic carbocycles. The van der Waals surface area contributed by atoms with Gasteiger partial charge in [-0.2, -0.15) is 5.10 Å². The molecule has 0 bridgehead atoms. The van der Waals surface area contributed by atoms with Crippen molar-refractivity contribution in [1.29, 1.82) is 0 Å². The first-order chi connectivity index (χ1) is 15.2. The van der Waals surface area contributed by atoms with E-state index in [9.17, 15) is 4.79 Å². The second-order valence-electron chi connectivity index (χ2n) is 8.76. The van der Waals surface area contributed by atoms with Gasteiger partial charge in [0.2, 0.25) is 0 Å². The first-order valence-corrected chi connectivity index (χ1v) is 11.1. The van der Waals surface area contributed by atoms with Crippen LogP contribution in [0.15, 0.2) is 30.6 Å². The third kappa shape index (κ3) is 3.70. The summed E-state index contributed by atoms with van der Waals surface area (Å²) in [6.07, 6.45) is 6.81. The maximum Gasteiger partial charge on any atom is 0.164 e. The molecule has 1 saturated heterocycles. The molecule has 3 aromatic rings. The molecular formula is C23H29N7O. The summed E-state index contributed by atoms with van der Waals surface area (Å²) >= 11 is 0. The zero-order valence-electron chi connectivity index (χ0n) is 17.9. The highest BCUT2D eigenvalue weighted by Gasteiger charge is 2.30. The summed E-state index contributed by atoms with van der Waals surface area (Å²) in [6, 6.07) is 8.40. The molecule has 0 radical (unpaired) electrons. The number of anilines is 1. The van der Waals surface area contributed by atoms with Gasteiger partial charge in [-0.25, -0.2) is 14.6 Å². The SMILES string of the molecule is CN1CCN(C2CCC(n3nc(-c4ccccc4C=O)c4c(N)ncnc43)CC2)CC1. The standard InChI is InChI=1S/C23H29N7O/c1-28-10-12-29(13-11-28)17-6-8-18(9-7-17)30-23-20(22(24)25-15-26-23)21(27-30)19-5-3-2-4-16(19)14-31/h2-5,14-15,17-18H,6-13H2,1H3,(H2,24,25,26). The van der Waals surface area contributed by atoms with E-state index in [2.05, 4.69) is 26.8 Å². The predicted octanol–water partition coefficient (Wildman–Crippen LogP) is 2.62. The quantitative estimate of drug-likeness (QED) is 0.650. The lowest BCUT2D eigenvalue weighted by atomic mass is 9.90. The van der Waals surface area contributed by atoms with E-state index in [1.807, 2.05) is 22.9 Å². The van der Waals surface area contributed by atoms with Crippen molar-refractivity contribution in [1.82, 2.24) is 29.5 Å². The molecule has 2 aliphatic rings. The van der Waals surface area contributed by atoms with Crippen molar-refractivity contribution in [3.63, 3.8) is 0 Å². The molecule has 1 aliphatic heterocycles. The van der Waals surface area contributed by atoms with E-state index in [-0.39, 0.29) is 6.04 Å². The molecule has 1 saturated carbocycles. The normalized spacial score (nSPS) is 23.3. The molecule has 0 spiro atoms. The number of hydrogen-bond acceptors (Lipinski definition) is 7. The topological polar surface area (TPSA) is 93.2 Å². The first-order valence-electron chi connectivity index (χ1n) is 11.1. The van der Waals surface area contributed by atoms with E-state index in [0.717, 1.165) is 74.7 Å². The molecule has 0 amide bonds. The molecule has 0 unspecified atom stereocenters. The Balaban J connectivity index is 1.45. The molecule has 8 nitrogen and oxygen atoms in total. The number of nitrogens with two attached hydrogens (primary N) is 1. The molecule has 31 heavy (non-hydrogen) atoms. The fourth-order valence-electron chi connectivity index (χ4n) is 5.11. The Bertz CT molecular complexity index is 1080. The van der Waals surface area contributed by atoms with Gasteiger partial charge in [-0.3, -0.25) is 9.69 Å². The summed E-state index contributed by atoms with van der Waals surface area (Å²) < 4.78 is 2.03. The third-order valence-corrected chi connectivity index (χ3v) is 6.93. The molecule has 0 atom stereocenters. The van der Waals surface area contributed by atoms with Gasteiger partial charge in [-0.15, -0.1) is 0 Å². The zero-order valence-corrected chi connectivity index (χ0v) is 17.9. The van der Waals surface area contributed by atoms with Gasteiger partial charge in [0.05, 0.1) is 11.4 Å². The molecule has 1 aliphatic carbocycles. The van der Waals surface area contributed by atoms with Gasteiger partial charge >= 0.3 is 0 Å². The van der Waals surface area contributed by atoms with Gasteiger partial charge in [0, 0.05) is 43.3 Å². The van der Waals surface area contributed by atoms with Crippen molar-refractivity contribution in [2.75, 3.05) is 39.0 Å². The number of likely N-dealkylation sites (N-methyl/N-ethyl adjacent to an activating group) is 1. The molecule has 8 heteroatoms. The fraction of sp³-hybridized carbons (Fsp3) is 0.478.